The molecule has 0 radical (unpaired) electrons. The third-order valence-electron chi connectivity index (χ3n) is 3.78. The summed E-state index contributed by atoms with van der Waals surface area (Å²) in [5.74, 6) is 1.19. The summed E-state index contributed by atoms with van der Waals surface area (Å²) in [7, 11) is 1.65. The van der Waals surface area contributed by atoms with Crippen LogP contribution in [0.4, 0.5) is 5.95 Å². The van der Waals surface area contributed by atoms with Gasteiger partial charge in [-0.25, -0.2) is 9.97 Å². The number of nitrogens with two attached hydrogens (primary N) is 1. The molecule has 0 spiro atoms. The van der Waals surface area contributed by atoms with Gasteiger partial charge in [-0.05, 0) is 24.0 Å². The standard InChI is InChI=1S/C15H16N4O2/c1-21-14-5-3-2-4-10(14)9-6-12-11(13(7-9)19-20)8-17-15(16)18-12/h2-5,8-9,20H,6-7H2,1H3,(H2,16,17,18)/b19-13+. The van der Waals surface area contributed by atoms with Crippen LogP contribution in [0.25, 0.3) is 0 Å². The molecule has 3 N–H and O–H groups in total. The van der Waals surface area contributed by atoms with Crippen molar-refractivity contribution in [2.24, 2.45) is 5.16 Å². The summed E-state index contributed by atoms with van der Waals surface area (Å²) in [6, 6.07) is 7.85. The lowest BCUT2D eigenvalue weighted by Gasteiger charge is -2.25. The highest BCUT2D eigenvalue weighted by Gasteiger charge is 2.28. The van der Waals surface area contributed by atoms with E-state index >= 15 is 0 Å². The maximum atomic E-state index is 9.27. The number of fused-ring (bicyclic) bond motifs is 1. The van der Waals surface area contributed by atoms with Gasteiger partial charge in [-0.3, -0.25) is 0 Å². The van der Waals surface area contributed by atoms with Gasteiger partial charge in [-0.1, -0.05) is 23.4 Å². The Morgan fingerprint density at radius 3 is 2.90 bits per heavy atom. The lowest BCUT2D eigenvalue weighted by molar-refractivity contribution is 0.316. The topological polar surface area (TPSA) is 93.6 Å². The van der Waals surface area contributed by atoms with Gasteiger partial charge >= 0.3 is 0 Å². The molecule has 1 aromatic heterocycles. The van der Waals surface area contributed by atoms with Crippen LogP contribution in [0.3, 0.4) is 0 Å². The van der Waals surface area contributed by atoms with E-state index in [1.54, 1.807) is 13.3 Å². The van der Waals surface area contributed by atoms with Gasteiger partial charge in [0.15, 0.2) is 0 Å². The minimum Gasteiger partial charge on any atom is -0.496 e. The van der Waals surface area contributed by atoms with Crippen molar-refractivity contribution in [2.75, 3.05) is 12.8 Å². The summed E-state index contributed by atoms with van der Waals surface area (Å²) >= 11 is 0. The van der Waals surface area contributed by atoms with Crippen molar-refractivity contribution in [1.82, 2.24) is 9.97 Å². The number of rotatable bonds is 2. The number of para-hydroxylation sites is 1. The van der Waals surface area contributed by atoms with Gasteiger partial charge in [0, 0.05) is 18.2 Å². The summed E-state index contributed by atoms with van der Waals surface area (Å²) in [5, 5.41) is 12.7. The fourth-order valence-corrected chi connectivity index (χ4v) is 2.80. The highest BCUT2D eigenvalue weighted by atomic mass is 16.5. The first kappa shape index (κ1) is 13.4. The third kappa shape index (κ3) is 2.40. The summed E-state index contributed by atoms with van der Waals surface area (Å²) in [6.07, 6.45) is 2.93. The zero-order valence-electron chi connectivity index (χ0n) is 11.7. The summed E-state index contributed by atoms with van der Waals surface area (Å²) in [4.78, 5) is 8.25. The van der Waals surface area contributed by atoms with Crippen LogP contribution in [0, 0.1) is 0 Å². The van der Waals surface area contributed by atoms with Gasteiger partial charge in [-0.15, -0.1) is 0 Å². The van der Waals surface area contributed by atoms with E-state index in [9.17, 15) is 5.21 Å². The Labute approximate surface area is 122 Å². The Bertz CT molecular complexity index is 700. The number of ether oxygens (including phenoxy) is 1. The SMILES string of the molecule is COc1ccccc1C1C/C(=N\O)c2cnc(N)nc2C1. The minimum absolute atomic E-state index is 0.133. The van der Waals surface area contributed by atoms with Crippen molar-refractivity contribution >= 4 is 11.7 Å². The van der Waals surface area contributed by atoms with Crippen LogP contribution in [0.15, 0.2) is 35.6 Å². The summed E-state index contributed by atoms with van der Waals surface area (Å²) in [6.45, 7) is 0. The number of hydrogen-bond acceptors (Lipinski definition) is 6. The maximum Gasteiger partial charge on any atom is 0.220 e. The molecule has 0 saturated carbocycles. The molecule has 6 heteroatoms. The fourth-order valence-electron chi connectivity index (χ4n) is 2.80. The largest absolute Gasteiger partial charge is 0.496 e. The van der Waals surface area contributed by atoms with Gasteiger partial charge in [0.2, 0.25) is 5.95 Å². The molecule has 1 aliphatic rings. The van der Waals surface area contributed by atoms with Crippen molar-refractivity contribution in [3.8, 4) is 5.75 Å². The van der Waals surface area contributed by atoms with Gasteiger partial charge in [-0.2, -0.15) is 0 Å². The second-order valence-electron chi connectivity index (χ2n) is 4.98. The van der Waals surface area contributed by atoms with Crippen LogP contribution >= 0.6 is 0 Å². The highest BCUT2D eigenvalue weighted by molar-refractivity contribution is 6.02. The van der Waals surface area contributed by atoms with E-state index in [-0.39, 0.29) is 11.9 Å². The molecule has 6 nitrogen and oxygen atoms in total. The number of benzene rings is 1. The molecule has 21 heavy (non-hydrogen) atoms. The normalized spacial score (nSPS) is 19.3. The predicted octanol–water partition coefficient (Wildman–Crippen LogP) is 1.98. The molecule has 0 bridgehead atoms. The first-order chi connectivity index (χ1) is 10.2. The first-order valence-electron chi connectivity index (χ1n) is 6.68. The van der Waals surface area contributed by atoms with E-state index in [2.05, 4.69) is 15.1 Å². The molecule has 2 aromatic rings. The minimum atomic E-state index is 0.133. The number of oxime groups is 1. The van der Waals surface area contributed by atoms with Gasteiger partial charge in [0.1, 0.15) is 5.75 Å². The molecule has 0 saturated heterocycles. The Morgan fingerprint density at radius 2 is 2.14 bits per heavy atom. The first-order valence-corrected chi connectivity index (χ1v) is 6.68. The fraction of sp³-hybridized carbons (Fsp3) is 0.267. The van der Waals surface area contributed by atoms with Gasteiger partial charge < -0.3 is 15.7 Å². The van der Waals surface area contributed by atoms with E-state index in [1.165, 1.54) is 0 Å². The monoisotopic (exact) mass is 284 g/mol. The number of hydrogen-bond donors (Lipinski definition) is 2. The predicted molar refractivity (Wildman–Crippen MR) is 78.8 cm³/mol. The van der Waals surface area contributed by atoms with E-state index in [1.807, 2.05) is 24.3 Å². The van der Waals surface area contributed by atoms with Crippen molar-refractivity contribution in [3.05, 3.63) is 47.3 Å². The zero-order valence-corrected chi connectivity index (χ0v) is 11.7. The van der Waals surface area contributed by atoms with Gasteiger partial charge in [0.25, 0.3) is 0 Å². The molecule has 3 rings (SSSR count). The molecule has 0 fully saturated rings. The number of aromatic nitrogens is 2. The maximum absolute atomic E-state index is 9.27. The molecular formula is C15H16N4O2. The molecular weight excluding hydrogens is 268 g/mol. The lowest BCUT2D eigenvalue weighted by Crippen LogP contribution is -2.22. The Hall–Kier alpha value is -2.63. The van der Waals surface area contributed by atoms with Crippen LogP contribution in [0.2, 0.25) is 0 Å². The third-order valence-corrected chi connectivity index (χ3v) is 3.78. The van der Waals surface area contributed by atoms with E-state index in [0.29, 0.717) is 18.6 Å². The molecule has 0 aliphatic heterocycles. The summed E-state index contributed by atoms with van der Waals surface area (Å²) < 4.78 is 5.42. The summed E-state index contributed by atoms with van der Waals surface area (Å²) in [5.41, 5.74) is 8.87. The van der Waals surface area contributed by atoms with Crippen LogP contribution in [-0.4, -0.2) is 28.0 Å². The van der Waals surface area contributed by atoms with Crippen LogP contribution in [0.5, 0.6) is 5.75 Å². The zero-order chi connectivity index (χ0) is 14.8. The van der Waals surface area contributed by atoms with Crippen LogP contribution < -0.4 is 10.5 Å². The van der Waals surface area contributed by atoms with E-state index < -0.39 is 0 Å². The molecule has 1 unspecified atom stereocenters. The molecule has 108 valence electrons. The van der Waals surface area contributed by atoms with Crippen molar-refractivity contribution in [1.29, 1.82) is 0 Å². The number of methoxy groups -OCH3 is 1. The van der Waals surface area contributed by atoms with Crippen LogP contribution in [-0.2, 0) is 6.42 Å². The average molecular weight is 284 g/mol. The molecule has 1 aromatic carbocycles. The Balaban J connectivity index is 2.04. The number of anilines is 1. The average Bonchev–Trinajstić information content (AvgIpc) is 2.53. The van der Waals surface area contributed by atoms with Crippen LogP contribution in [0.1, 0.15) is 29.2 Å². The quantitative estimate of drug-likeness (QED) is 0.649. The van der Waals surface area contributed by atoms with E-state index in [0.717, 1.165) is 22.6 Å². The second-order valence-corrected chi connectivity index (χ2v) is 4.98. The Kier molecular flexibility index (Phi) is 3.43. The Morgan fingerprint density at radius 1 is 1.33 bits per heavy atom. The lowest BCUT2D eigenvalue weighted by atomic mass is 9.81. The van der Waals surface area contributed by atoms with Crippen molar-refractivity contribution in [3.63, 3.8) is 0 Å². The molecule has 1 aliphatic carbocycles. The second kappa shape index (κ2) is 5.40. The molecule has 1 heterocycles. The number of nitrogens with zero attached hydrogens (tertiary/aromatic N) is 3. The van der Waals surface area contributed by atoms with Crippen molar-refractivity contribution in [2.45, 2.75) is 18.8 Å². The smallest absolute Gasteiger partial charge is 0.220 e. The van der Waals surface area contributed by atoms with Gasteiger partial charge in [0.05, 0.1) is 18.5 Å². The molecule has 0 amide bonds. The highest BCUT2D eigenvalue weighted by Crippen LogP contribution is 2.36. The molecule has 1 atom stereocenters. The van der Waals surface area contributed by atoms with E-state index in [4.69, 9.17) is 10.5 Å². The number of nitrogen functional groups attached to an aromatic ring is 1. The van der Waals surface area contributed by atoms with Crippen molar-refractivity contribution < 1.29 is 9.94 Å².